The van der Waals surface area contributed by atoms with Crippen LogP contribution in [-0.2, 0) is 6.18 Å². The van der Waals surface area contributed by atoms with Gasteiger partial charge in [-0.05, 0) is 29.8 Å². The van der Waals surface area contributed by atoms with E-state index in [1.165, 1.54) is 0 Å². The second-order valence-electron chi connectivity index (χ2n) is 2.46. The summed E-state index contributed by atoms with van der Waals surface area (Å²) in [6.07, 6.45) is -4.61. The Hall–Kier alpha value is -0.740. The largest absolute Gasteiger partial charge is 0.417 e. The number of carbonyl (C=O) groups excluding carboxylic acids is 1. The summed E-state index contributed by atoms with van der Waals surface area (Å²) < 4.78 is 36.9. The lowest BCUT2D eigenvalue weighted by molar-refractivity contribution is -0.137. The van der Waals surface area contributed by atoms with Gasteiger partial charge in [0.15, 0.2) is 0 Å². The Morgan fingerprint density at radius 2 is 1.86 bits per heavy atom. The molecule has 1 aromatic rings. The van der Waals surface area contributed by atoms with Crippen LogP contribution in [0.15, 0.2) is 18.2 Å². The Kier molecular flexibility index (Phi) is 3.07. The van der Waals surface area contributed by atoms with Gasteiger partial charge in [-0.3, -0.25) is 4.79 Å². The van der Waals surface area contributed by atoms with Crippen LogP contribution in [0.25, 0.3) is 0 Å². The quantitative estimate of drug-likeness (QED) is 0.686. The maximum Gasteiger partial charge on any atom is 0.417 e. The van der Waals surface area contributed by atoms with Crippen LogP contribution in [0.3, 0.4) is 0 Å². The van der Waals surface area contributed by atoms with E-state index in [0.717, 1.165) is 18.2 Å². The molecule has 0 radical (unpaired) electrons. The molecule has 0 saturated carbocycles. The Balaban J connectivity index is 3.37. The summed E-state index contributed by atoms with van der Waals surface area (Å²) in [6, 6.07) is 2.66. The molecule has 0 spiro atoms. The minimum atomic E-state index is -4.61. The van der Waals surface area contributed by atoms with Crippen LogP contribution >= 0.6 is 23.2 Å². The average Bonchev–Trinajstić information content (AvgIpc) is 2.01. The van der Waals surface area contributed by atoms with Gasteiger partial charge in [0.2, 0.25) is 0 Å². The molecule has 0 heterocycles. The SMILES string of the molecule is O=C(Cl)c1cc(Cl)ccc1C(F)(F)F. The predicted molar refractivity (Wildman–Crippen MR) is 46.6 cm³/mol. The molecule has 0 aromatic heterocycles. The Bertz CT molecular complexity index is 373. The van der Waals surface area contributed by atoms with Crippen molar-refractivity contribution in [2.75, 3.05) is 0 Å². The summed E-state index contributed by atoms with van der Waals surface area (Å²) >= 11 is 10.4. The fraction of sp³-hybridized carbons (Fsp3) is 0.125. The summed E-state index contributed by atoms with van der Waals surface area (Å²) in [5.41, 5.74) is -1.71. The summed E-state index contributed by atoms with van der Waals surface area (Å²) in [5.74, 6) is 0. The Morgan fingerprint density at radius 1 is 1.29 bits per heavy atom. The standard InChI is InChI=1S/C8H3Cl2F3O/c9-4-1-2-6(8(11,12)13)5(3-4)7(10)14/h1-3H. The highest BCUT2D eigenvalue weighted by molar-refractivity contribution is 6.68. The van der Waals surface area contributed by atoms with E-state index in [-0.39, 0.29) is 5.02 Å². The minimum absolute atomic E-state index is 0.0296. The van der Waals surface area contributed by atoms with Crippen molar-refractivity contribution in [3.05, 3.63) is 34.3 Å². The molecule has 0 N–H and O–H groups in total. The van der Waals surface area contributed by atoms with Crippen molar-refractivity contribution in [3.63, 3.8) is 0 Å². The van der Waals surface area contributed by atoms with Crippen molar-refractivity contribution >= 4 is 28.4 Å². The summed E-state index contributed by atoms with van der Waals surface area (Å²) in [4.78, 5) is 10.7. The summed E-state index contributed by atoms with van der Waals surface area (Å²) in [6.45, 7) is 0. The second kappa shape index (κ2) is 3.79. The number of halogens is 5. The monoisotopic (exact) mass is 242 g/mol. The van der Waals surface area contributed by atoms with Gasteiger partial charge < -0.3 is 0 Å². The van der Waals surface area contributed by atoms with Gasteiger partial charge in [-0.1, -0.05) is 11.6 Å². The number of hydrogen-bond donors (Lipinski definition) is 0. The third-order valence-corrected chi connectivity index (χ3v) is 1.94. The van der Waals surface area contributed by atoms with Crippen LogP contribution < -0.4 is 0 Å². The average molecular weight is 243 g/mol. The first-order valence-corrected chi connectivity index (χ1v) is 4.14. The molecule has 0 atom stereocenters. The van der Waals surface area contributed by atoms with Gasteiger partial charge in [-0.2, -0.15) is 13.2 Å². The van der Waals surface area contributed by atoms with Crippen LogP contribution in [0.1, 0.15) is 15.9 Å². The van der Waals surface area contributed by atoms with Crippen molar-refractivity contribution in [2.45, 2.75) is 6.18 Å². The summed E-state index contributed by atoms with van der Waals surface area (Å²) in [7, 11) is 0. The zero-order valence-corrected chi connectivity index (χ0v) is 8.04. The predicted octanol–water partition coefficient (Wildman–Crippen LogP) is 3.74. The maximum absolute atomic E-state index is 12.3. The number of hydrogen-bond acceptors (Lipinski definition) is 1. The van der Waals surface area contributed by atoms with E-state index >= 15 is 0 Å². The van der Waals surface area contributed by atoms with E-state index in [1.807, 2.05) is 0 Å². The van der Waals surface area contributed by atoms with Crippen LogP contribution in [0.2, 0.25) is 5.02 Å². The van der Waals surface area contributed by atoms with Gasteiger partial charge in [0.25, 0.3) is 5.24 Å². The van der Waals surface area contributed by atoms with Crippen molar-refractivity contribution in [3.8, 4) is 0 Å². The molecular weight excluding hydrogens is 240 g/mol. The molecule has 0 aliphatic carbocycles. The molecular formula is C8H3Cl2F3O. The van der Waals surface area contributed by atoms with E-state index < -0.39 is 22.5 Å². The molecule has 1 rings (SSSR count). The maximum atomic E-state index is 12.3. The lowest BCUT2D eigenvalue weighted by Crippen LogP contribution is -2.10. The molecule has 1 nitrogen and oxygen atoms in total. The fourth-order valence-electron chi connectivity index (χ4n) is 0.926. The molecule has 0 aliphatic rings. The summed E-state index contributed by atoms with van der Waals surface area (Å²) in [5, 5.41) is -1.15. The second-order valence-corrected chi connectivity index (χ2v) is 3.24. The van der Waals surface area contributed by atoms with Crippen molar-refractivity contribution < 1.29 is 18.0 Å². The fourth-order valence-corrected chi connectivity index (χ4v) is 1.25. The van der Waals surface area contributed by atoms with Gasteiger partial charge in [0, 0.05) is 10.6 Å². The van der Waals surface area contributed by atoms with E-state index in [4.69, 9.17) is 23.2 Å². The lowest BCUT2D eigenvalue weighted by Gasteiger charge is -2.09. The Morgan fingerprint density at radius 3 is 2.29 bits per heavy atom. The molecule has 0 saturated heterocycles. The molecule has 0 amide bonds. The molecule has 1 aromatic carbocycles. The smallest absolute Gasteiger partial charge is 0.276 e. The topological polar surface area (TPSA) is 17.1 Å². The van der Waals surface area contributed by atoms with Crippen LogP contribution in [0.5, 0.6) is 0 Å². The normalized spacial score (nSPS) is 11.5. The van der Waals surface area contributed by atoms with Crippen LogP contribution in [-0.4, -0.2) is 5.24 Å². The van der Waals surface area contributed by atoms with Crippen molar-refractivity contribution in [1.82, 2.24) is 0 Å². The number of benzene rings is 1. The van der Waals surface area contributed by atoms with Gasteiger partial charge in [0.1, 0.15) is 0 Å². The molecule has 6 heteroatoms. The zero-order valence-electron chi connectivity index (χ0n) is 6.53. The van der Waals surface area contributed by atoms with Crippen LogP contribution in [0.4, 0.5) is 13.2 Å². The number of carbonyl (C=O) groups is 1. The van der Waals surface area contributed by atoms with Gasteiger partial charge in [-0.15, -0.1) is 0 Å². The molecule has 0 bridgehead atoms. The van der Waals surface area contributed by atoms with Crippen LogP contribution in [0, 0.1) is 0 Å². The third kappa shape index (κ3) is 2.39. The molecule has 0 unspecified atom stereocenters. The molecule has 0 aliphatic heterocycles. The zero-order chi connectivity index (χ0) is 10.9. The first-order valence-electron chi connectivity index (χ1n) is 3.39. The number of alkyl halides is 3. The van der Waals surface area contributed by atoms with Gasteiger partial charge in [0.05, 0.1) is 5.56 Å². The highest BCUT2D eigenvalue weighted by Crippen LogP contribution is 2.33. The highest BCUT2D eigenvalue weighted by atomic mass is 35.5. The van der Waals surface area contributed by atoms with Gasteiger partial charge in [-0.25, -0.2) is 0 Å². The van der Waals surface area contributed by atoms with E-state index in [9.17, 15) is 18.0 Å². The molecule has 0 fully saturated rings. The molecule has 76 valence electrons. The highest BCUT2D eigenvalue weighted by Gasteiger charge is 2.34. The van der Waals surface area contributed by atoms with Gasteiger partial charge >= 0.3 is 6.18 Å². The third-order valence-electron chi connectivity index (χ3n) is 1.50. The minimum Gasteiger partial charge on any atom is -0.276 e. The van der Waals surface area contributed by atoms with E-state index in [0.29, 0.717) is 0 Å². The first kappa shape index (κ1) is 11.3. The lowest BCUT2D eigenvalue weighted by atomic mass is 10.1. The van der Waals surface area contributed by atoms with E-state index in [1.54, 1.807) is 0 Å². The van der Waals surface area contributed by atoms with E-state index in [2.05, 4.69) is 0 Å². The molecule has 14 heavy (non-hydrogen) atoms. The van der Waals surface area contributed by atoms with Crippen molar-refractivity contribution in [1.29, 1.82) is 0 Å². The Labute approximate surface area is 87.4 Å². The number of rotatable bonds is 1. The van der Waals surface area contributed by atoms with Crippen molar-refractivity contribution in [2.24, 2.45) is 0 Å². The first-order chi connectivity index (χ1) is 6.32.